The van der Waals surface area contributed by atoms with E-state index in [-0.39, 0.29) is 18.1 Å². The minimum atomic E-state index is 0.0783. The van der Waals surface area contributed by atoms with Gasteiger partial charge in [0.15, 0.2) is 5.82 Å². The zero-order chi connectivity index (χ0) is 13.0. The number of ether oxygens (including phenoxy) is 1. The summed E-state index contributed by atoms with van der Waals surface area (Å²) in [5, 5.41) is 12.3. The highest BCUT2D eigenvalue weighted by Gasteiger charge is 2.41. The molecule has 0 bridgehead atoms. The minimum Gasteiger partial charge on any atom is -0.472 e. The maximum absolute atomic E-state index is 9.03. The second kappa shape index (κ2) is 5.52. The Bertz CT molecular complexity index is 392. The standard InChI is InChI=1S/C13H21N3O2/c1-10(2)18-12-11(14-6-7-15-12)16-9-13(3-4-13)5-8-17/h6-7,10,17H,3-5,8-9H2,1-2H3,(H,14,16). The third-order valence-corrected chi connectivity index (χ3v) is 3.24. The maximum atomic E-state index is 9.03. The van der Waals surface area contributed by atoms with Crippen molar-refractivity contribution in [3.63, 3.8) is 0 Å². The van der Waals surface area contributed by atoms with Gasteiger partial charge in [0.05, 0.1) is 6.10 Å². The van der Waals surface area contributed by atoms with Gasteiger partial charge in [-0.1, -0.05) is 0 Å². The fourth-order valence-corrected chi connectivity index (χ4v) is 1.96. The third-order valence-electron chi connectivity index (χ3n) is 3.24. The van der Waals surface area contributed by atoms with Gasteiger partial charge < -0.3 is 15.2 Å². The average molecular weight is 251 g/mol. The van der Waals surface area contributed by atoms with Gasteiger partial charge in [0, 0.05) is 25.5 Å². The number of nitrogens with one attached hydrogen (secondary N) is 1. The zero-order valence-corrected chi connectivity index (χ0v) is 11.0. The van der Waals surface area contributed by atoms with Crippen molar-refractivity contribution in [2.75, 3.05) is 18.5 Å². The summed E-state index contributed by atoms with van der Waals surface area (Å²) in [6.45, 7) is 5.00. The lowest BCUT2D eigenvalue weighted by Crippen LogP contribution is -2.19. The predicted molar refractivity (Wildman–Crippen MR) is 69.7 cm³/mol. The third kappa shape index (κ3) is 3.32. The molecule has 0 aliphatic heterocycles. The van der Waals surface area contributed by atoms with Crippen LogP contribution in [0.4, 0.5) is 5.82 Å². The molecule has 0 amide bonds. The molecule has 1 heterocycles. The van der Waals surface area contributed by atoms with E-state index in [0.29, 0.717) is 11.7 Å². The van der Waals surface area contributed by atoms with Crippen LogP contribution in [0.3, 0.4) is 0 Å². The van der Waals surface area contributed by atoms with Crippen molar-refractivity contribution >= 4 is 5.82 Å². The summed E-state index contributed by atoms with van der Waals surface area (Å²) in [7, 11) is 0. The van der Waals surface area contributed by atoms with Crippen LogP contribution in [-0.4, -0.2) is 34.3 Å². The van der Waals surface area contributed by atoms with Gasteiger partial charge in [0.25, 0.3) is 5.88 Å². The number of aromatic nitrogens is 2. The molecule has 1 aliphatic rings. The van der Waals surface area contributed by atoms with Gasteiger partial charge >= 0.3 is 0 Å². The molecule has 2 N–H and O–H groups in total. The Kier molecular flexibility index (Phi) is 4.01. The first-order chi connectivity index (χ1) is 8.65. The molecule has 0 unspecified atom stereocenters. The molecule has 1 aliphatic carbocycles. The van der Waals surface area contributed by atoms with Gasteiger partial charge in [-0.3, -0.25) is 0 Å². The van der Waals surface area contributed by atoms with Crippen molar-refractivity contribution in [2.45, 2.75) is 39.2 Å². The molecule has 0 saturated heterocycles. The van der Waals surface area contributed by atoms with Crippen LogP contribution in [0.1, 0.15) is 33.1 Å². The quantitative estimate of drug-likeness (QED) is 0.774. The SMILES string of the molecule is CC(C)Oc1nccnc1NCC1(CCO)CC1. The topological polar surface area (TPSA) is 67.3 Å². The molecule has 1 aromatic rings. The van der Waals surface area contributed by atoms with Gasteiger partial charge in [-0.15, -0.1) is 0 Å². The van der Waals surface area contributed by atoms with Crippen molar-refractivity contribution in [3.05, 3.63) is 12.4 Å². The normalized spacial score (nSPS) is 16.7. The molecule has 0 aromatic carbocycles. The second-order valence-electron chi connectivity index (χ2n) is 5.20. The van der Waals surface area contributed by atoms with Crippen LogP contribution in [0.5, 0.6) is 5.88 Å². The van der Waals surface area contributed by atoms with Crippen LogP contribution in [0.2, 0.25) is 0 Å². The molecule has 100 valence electrons. The van der Waals surface area contributed by atoms with Crippen molar-refractivity contribution < 1.29 is 9.84 Å². The van der Waals surface area contributed by atoms with Crippen LogP contribution >= 0.6 is 0 Å². The Morgan fingerprint density at radius 1 is 1.39 bits per heavy atom. The van der Waals surface area contributed by atoms with Crippen LogP contribution < -0.4 is 10.1 Å². The Morgan fingerprint density at radius 2 is 2.11 bits per heavy atom. The molecular formula is C13H21N3O2. The average Bonchev–Trinajstić information content (AvgIpc) is 3.08. The first-order valence-electron chi connectivity index (χ1n) is 6.48. The van der Waals surface area contributed by atoms with Gasteiger partial charge in [-0.05, 0) is 38.5 Å². The number of nitrogens with zero attached hydrogens (tertiary/aromatic N) is 2. The lowest BCUT2D eigenvalue weighted by atomic mass is 10.0. The number of hydrogen-bond donors (Lipinski definition) is 2. The number of anilines is 1. The number of aliphatic hydroxyl groups excluding tert-OH is 1. The highest BCUT2D eigenvalue weighted by atomic mass is 16.5. The predicted octanol–water partition coefficient (Wildman–Crippen LogP) is 1.84. The highest BCUT2D eigenvalue weighted by Crippen LogP contribution is 2.48. The molecule has 1 fully saturated rings. The number of hydrogen-bond acceptors (Lipinski definition) is 5. The van der Waals surface area contributed by atoms with Gasteiger partial charge in [-0.2, -0.15) is 0 Å². The molecule has 0 atom stereocenters. The Morgan fingerprint density at radius 3 is 2.72 bits per heavy atom. The maximum Gasteiger partial charge on any atom is 0.257 e. The molecule has 1 aromatic heterocycles. The van der Waals surface area contributed by atoms with Crippen LogP contribution in [0.25, 0.3) is 0 Å². The smallest absolute Gasteiger partial charge is 0.257 e. The van der Waals surface area contributed by atoms with Crippen molar-refractivity contribution in [2.24, 2.45) is 5.41 Å². The lowest BCUT2D eigenvalue weighted by molar-refractivity contribution is 0.232. The largest absolute Gasteiger partial charge is 0.472 e. The summed E-state index contributed by atoms with van der Waals surface area (Å²) in [5.74, 6) is 1.24. The minimum absolute atomic E-state index is 0.0783. The van der Waals surface area contributed by atoms with E-state index in [1.807, 2.05) is 13.8 Å². The highest BCUT2D eigenvalue weighted by molar-refractivity contribution is 5.45. The molecular weight excluding hydrogens is 230 g/mol. The molecule has 1 saturated carbocycles. The number of aliphatic hydroxyl groups is 1. The Balaban J connectivity index is 1.96. The van der Waals surface area contributed by atoms with Crippen LogP contribution in [0, 0.1) is 5.41 Å². The second-order valence-corrected chi connectivity index (χ2v) is 5.20. The van der Waals surface area contributed by atoms with Crippen molar-refractivity contribution in [3.8, 4) is 5.88 Å². The van der Waals surface area contributed by atoms with Gasteiger partial charge in [0.1, 0.15) is 0 Å². The molecule has 5 heteroatoms. The fourth-order valence-electron chi connectivity index (χ4n) is 1.96. The summed E-state index contributed by atoms with van der Waals surface area (Å²) in [4.78, 5) is 8.45. The van der Waals surface area contributed by atoms with Crippen molar-refractivity contribution in [1.82, 2.24) is 9.97 Å². The summed E-state index contributed by atoms with van der Waals surface area (Å²) < 4.78 is 5.61. The van der Waals surface area contributed by atoms with E-state index in [9.17, 15) is 0 Å². The summed E-state index contributed by atoms with van der Waals surface area (Å²) in [5.41, 5.74) is 0.251. The lowest BCUT2D eigenvalue weighted by Gasteiger charge is -2.17. The fraction of sp³-hybridized carbons (Fsp3) is 0.692. The molecule has 2 rings (SSSR count). The van der Waals surface area contributed by atoms with E-state index in [1.54, 1.807) is 12.4 Å². The van der Waals surface area contributed by atoms with E-state index in [4.69, 9.17) is 9.84 Å². The van der Waals surface area contributed by atoms with Crippen LogP contribution in [-0.2, 0) is 0 Å². The van der Waals surface area contributed by atoms with E-state index >= 15 is 0 Å². The van der Waals surface area contributed by atoms with E-state index < -0.39 is 0 Å². The summed E-state index contributed by atoms with van der Waals surface area (Å²) in [6.07, 6.45) is 6.54. The van der Waals surface area contributed by atoms with E-state index in [2.05, 4.69) is 15.3 Å². The summed E-state index contributed by atoms with van der Waals surface area (Å²) >= 11 is 0. The first-order valence-corrected chi connectivity index (χ1v) is 6.48. The monoisotopic (exact) mass is 251 g/mol. The molecule has 18 heavy (non-hydrogen) atoms. The van der Waals surface area contributed by atoms with Crippen molar-refractivity contribution in [1.29, 1.82) is 0 Å². The van der Waals surface area contributed by atoms with Gasteiger partial charge in [-0.25, -0.2) is 9.97 Å². The first kappa shape index (κ1) is 13.1. The van der Waals surface area contributed by atoms with E-state index in [0.717, 1.165) is 13.0 Å². The zero-order valence-electron chi connectivity index (χ0n) is 11.0. The van der Waals surface area contributed by atoms with Crippen LogP contribution in [0.15, 0.2) is 12.4 Å². The van der Waals surface area contributed by atoms with E-state index in [1.165, 1.54) is 12.8 Å². The Hall–Kier alpha value is -1.36. The molecule has 0 radical (unpaired) electrons. The van der Waals surface area contributed by atoms with Gasteiger partial charge in [0.2, 0.25) is 0 Å². The molecule has 5 nitrogen and oxygen atoms in total. The summed E-state index contributed by atoms with van der Waals surface area (Å²) in [6, 6.07) is 0. The Labute approximate surface area is 108 Å². The molecule has 0 spiro atoms. The number of rotatable bonds is 7.